The molecule has 12 nitrogen and oxygen atoms in total. The van der Waals surface area contributed by atoms with E-state index in [1.165, 1.54) is 24.5 Å². The third-order valence-electron chi connectivity index (χ3n) is 3.30. The quantitative estimate of drug-likeness (QED) is 0.477. The van der Waals surface area contributed by atoms with Gasteiger partial charge in [-0.2, -0.15) is 0 Å². The number of aromatic carboxylic acids is 1. The van der Waals surface area contributed by atoms with E-state index in [-0.39, 0.29) is 17.1 Å². The fourth-order valence-electron chi connectivity index (χ4n) is 2.02. The molecule has 1 N–H and O–H groups in total. The number of esters is 1. The summed E-state index contributed by atoms with van der Waals surface area (Å²) in [6.45, 7) is 2.02. The zero-order valence-corrected chi connectivity index (χ0v) is 15.5. The Morgan fingerprint density at radius 2 is 1.33 bits per heavy atom. The monoisotopic (exact) mass is 410 g/mol. The van der Waals surface area contributed by atoms with Crippen LogP contribution >= 0.6 is 0 Å². The van der Waals surface area contributed by atoms with Crippen LogP contribution in [0.3, 0.4) is 0 Å². The Bertz CT molecular complexity index is 1110. The summed E-state index contributed by atoms with van der Waals surface area (Å²) in [6.07, 6.45) is 6.22. The maximum absolute atomic E-state index is 11.3. The fraction of sp³-hybridized carbons (Fsp3) is 0.111. The molecule has 0 spiro atoms. The third-order valence-corrected chi connectivity index (χ3v) is 3.30. The van der Waals surface area contributed by atoms with Gasteiger partial charge in [0.05, 0.1) is 6.61 Å². The lowest BCUT2D eigenvalue weighted by molar-refractivity contribution is 0.0514. The van der Waals surface area contributed by atoms with E-state index in [0.717, 1.165) is 0 Å². The van der Waals surface area contributed by atoms with Gasteiger partial charge in [0.2, 0.25) is 11.5 Å². The molecule has 0 aliphatic heterocycles. The van der Waals surface area contributed by atoms with Crippen molar-refractivity contribution in [3.8, 4) is 23.2 Å². The van der Waals surface area contributed by atoms with Crippen molar-refractivity contribution in [1.29, 1.82) is 0 Å². The van der Waals surface area contributed by atoms with Gasteiger partial charge in [0.25, 0.3) is 0 Å². The van der Waals surface area contributed by atoms with Gasteiger partial charge in [0, 0.05) is 36.9 Å². The number of aromatic nitrogens is 6. The maximum atomic E-state index is 11.3. The summed E-state index contributed by atoms with van der Waals surface area (Å²) < 4.78 is 14.5. The van der Waals surface area contributed by atoms with Crippen LogP contribution in [-0.2, 0) is 4.74 Å². The van der Waals surface area contributed by atoms with Crippen molar-refractivity contribution < 1.29 is 28.5 Å². The van der Waals surface area contributed by atoms with Crippen LogP contribution in [0.15, 0.2) is 58.1 Å². The van der Waals surface area contributed by atoms with Crippen LogP contribution in [0.2, 0.25) is 0 Å². The Hall–Kier alpha value is -4.48. The minimum absolute atomic E-state index is 0.115. The first-order chi connectivity index (χ1) is 14.6. The molecule has 0 atom stereocenters. The largest absolute Gasteiger partial charge is 0.476 e. The van der Waals surface area contributed by atoms with E-state index in [1.54, 1.807) is 31.5 Å². The lowest BCUT2D eigenvalue weighted by atomic mass is 10.3. The third kappa shape index (κ3) is 5.07. The van der Waals surface area contributed by atoms with Crippen LogP contribution < -0.4 is 0 Å². The fourth-order valence-corrected chi connectivity index (χ4v) is 2.02. The molecule has 0 amide bonds. The van der Waals surface area contributed by atoms with E-state index >= 15 is 0 Å². The Balaban J connectivity index is 0.000000172. The minimum Gasteiger partial charge on any atom is -0.476 e. The molecule has 0 unspecified atom stereocenters. The SMILES string of the molecule is CCOC(=O)c1cc(-c2ncccn2)on1.O=C(O)c1cc(-c2ncccn2)on1. The highest BCUT2D eigenvalue weighted by Crippen LogP contribution is 2.16. The van der Waals surface area contributed by atoms with Gasteiger partial charge in [-0.25, -0.2) is 29.5 Å². The number of carboxylic acid groups (broad SMARTS) is 1. The van der Waals surface area contributed by atoms with E-state index in [2.05, 4.69) is 30.2 Å². The number of hydrogen-bond acceptors (Lipinski definition) is 11. The molecule has 12 heteroatoms. The Kier molecular flexibility index (Phi) is 6.51. The highest BCUT2D eigenvalue weighted by molar-refractivity contribution is 5.88. The second-order valence-corrected chi connectivity index (χ2v) is 5.32. The number of nitrogens with zero attached hydrogens (tertiary/aromatic N) is 6. The highest BCUT2D eigenvalue weighted by atomic mass is 16.5. The smallest absolute Gasteiger partial charge is 0.360 e. The highest BCUT2D eigenvalue weighted by Gasteiger charge is 2.15. The Morgan fingerprint density at radius 3 is 1.77 bits per heavy atom. The van der Waals surface area contributed by atoms with Crippen LogP contribution in [0.25, 0.3) is 23.2 Å². The minimum atomic E-state index is -1.14. The van der Waals surface area contributed by atoms with Gasteiger partial charge < -0.3 is 18.9 Å². The second-order valence-electron chi connectivity index (χ2n) is 5.32. The van der Waals surface area contributed by atoms with E-state index in [4.69, 9.17) is 18.9 Å². The summed E-state index contributed by atoms with van der Waals surface area (Å²) >= 11 is 0. The van der Waals surface area contributed by atoms with Crippen molar-refractivity contribution in [2.24, 2.45) is 0 Å². The maximum Gasteiger partial charge on any atom is 0.360 e. The molecule has 0 aliphatic carbocycles. The summed E-state index contributed by atoms with van der Waals surface area (Å²) in [7, 11) is 0. The molecular weight excluding hydrogens is 396 g/mol. The summed E-state index contributed by atoms with van der Waals surface area (Å²) in [5, 5.41) is 15.5. The first kappa shape index (κ1) is 20.3. The van der Waals surface area contributed by atoms with Crippen LogP contribution in [-0.4, -0.2) is 53.9 Å². The lowest BCUT2D eigenvalue weighted by Gasteiger charge is -1.94. The van der Waals surface area contributed by atoms with Crippen molar-refractivity contribution in [3.63, 3.8) is 0 Å². The average molecular weight is 410 g/mol. The molecule has 4 rings (SSSR count). The zero-order chi connectivity index (χ0) is 21.3. The van der Waals surface area contributed by atoms with Crippen LogP contribution in [0.4, 0.5) is 0 Å². The van der Waals surface area contributed by atoms with E-state index < -0.39 is 11.9 Å². The number of carboxylic acids is 1. The van der Waals surface area contributed by atoms with Gasteiger partial charge in [-0.3, -0.25) is 0 Å². The van der Waals surface area contributed by atoms with Crippen LogP contribution in [0, 0.1) is 0 Å². The van der Waals surface area contributed by atoms with Crippen molar-refractivity contribution in [1.82, 2.24) is 30.2 Å². The number of ether oxygens (including phenoxy) is 1. The van der Waals surface area contributed by atoms with Gasteiger partial charge in [-0.1, -0.05) is 10.3 Å². The Morgan fingerprint density at radius 1 is 0.867 bits per heavy atom. The normalized spacial score (nSPS) is 10.0. The van der Waals surface area contributed by atoms with Crippen molar-refractivity contribution in [2.75, 3.05) is 6.61 Å². The second kappa shape index (κ2) is 9.64. The van der Waals surface area contributed by atoms with Crippen LogP contribution in [0.5, 0.6) is 0 Å². The first-order valence-corrected chi connectivity index (χ1v) is 8.47. The van der Waals surface area contributed by atoms with Gasteiger partial charge in [0.15, 0.2) is 23.0 Å². The number of carbonyl (C=O) groups excluding carboxylic acids is 1. The van der Waals surface area contributed by atoms with Gasteiger partial charge in [0.1, 0.15) is 0 Å². The van der Waals surface area contributed by atoms with Crippen LogP contribution in [0.1, 0.15) is 27.9 Å². The van der Waals surface area contributed by atoms with Crippen molar-refractivity contribution >= 4 is 11.9 Å². The van der Waals surface area contributed by atoms with Crippen molar-refractivity contribution in [2.45, 2.75) is 6.92 Å². The zero-order valence-electron chi connectivity index (χ0n) is 15.5. The average Bonchev–Trinajstić information content (AvgIpc) is 3.46. The molecule has 4 heterocycles. The van der Waals surface area contributed by atoms with Gasteiger partial charge in [-0.15, -0.1) is 0 Å². The van der Waals surface area contributed by atoms with Gasteiger partial charge >= 0.3 is 11.9 Å². The molecule has 0 aliphatic rings. The molecular formula is C18H14N6O6. The molecule has 30 heavy (non-hydrogen) atoms. The standard InChI is InChI=1S/C10H9N3O3.C8H5N3O3/c1-2-15-10(14)7-6-8(16-13-7)9-11-4-3-5-12-9;12-8(13)5-4-6(14-11-5)7-9-2-1-3-10-7/h3-6H,2H2,1H3;1-4H,(H,12,13). The first-order valence-electron chi connectivity index (χ1n) is 8.47. The van der Waals surface area contributed by atoms with Crippen molar-refractivity contribution in [3.05, 3.63) is 60.4 Å². The van der Waals surface area contributed by atoms with Gasteiger partial charge in [-0.05, 0) is 19.1 Å². The molecule has 152 valence electrons. The molecule has 0 aromatic carbocycles. The summed E-state index contributed by atoms with van der Waals surface area (Å²) in [6, 6.07) is 6.06. The number of carbonyl (C=O) groups is 2. The molecule has 4 aromatic heterocycles. The Labute approximate surface area is 168 Å². The molecule has 0 radical (unpaired) electrons. The summed E-state index contributed by atoms with van der Waals surface area (Å²) in [4.78, 5) is 37.5. The van der Waals surface area contributed by atoms with E-state index in [9.17, 15) is 9.59 Å². The lowest BCUT2D eigenvalue weighted by Crippen LogP contribution is -2.04. The van der Waals surface area contributed by atoms with E-state index in [0.29, 0.717) is 24.0 Å². The molecule has 0 saturated heterocycles. The molecule has 0 fully saturated rings. The van der Waals surface area contributed by atoms with E-state index in [1.807, 2.05) is 0 Å². The predicted octanol–water partition coefficient (Wildman–Crippen LogP) is 2.14. The topological polar surface area (TPSA) is 167 Å². The molecule has 0 bridgehead atoms. The summed E-state index contributed by atoms with van der Waals surface area (Å²) in [5.74, 6) is -0.394. The number of hydrogen-bond donors (Lipinski definition) is 1. The number of rotatable bonds is 5. The molecule has 4 aromatic rings. The molecule has 0 saturated carbocycles. The predicted molar refractivity (Wildman–Crippen MR) is 98.0 cm³/mol. The summed E-state index contributed by atoms with van der Waals surface area (Å²) in [5.41, 5.74) is -0.0447.